The van der Waals surface area contributed by atoms with Gasteiger partial charge in [-0.15, -0.1) is 0 Å². The number of benzene rings is 1. The van der Waals surface area contributed by atoms with E-state index in [-0.39, 0.29) is 17.6 Å². The number of ether oxygens (including phenoxy) is 1. The fraction of sp³-hybridized carbons (Fsp3) is 0.533. The fourth-order valence-electron chi connectivity index (χ4n) is 1.58. The van der Waals surface area contributed by atoms with Crippen LogP contribution in [0, 0.1) is 0 Å². The molecule has 1 rings (SSSR count). The summed E-state index contributed by atoms with van der Waals surface area (Å²) >= 11 is 0. The van der Waals surface area contributed by atoms with E-state index >= 15 is 0 Å². The first-order valence-electron chi connectivity index (χ1n) is 6.62. The van der Waals surface area contributed by atoms with E-state index in [0.717, 1.165) is 0 Å². The molecule has 1 amide bonds. The maximum absolute atomic E-state index is 11.9. The smallest absolute Gasteiger partial charge is 0.224 e. The lowest BCUT2D eigenvalue weighted by atomic mass is 10.00. The average Bonchev–Trinajstić information content (AvgIpc) is 2.27. The van der Waals surface area contributed by atoms with E-state index in [4.69, 9.17) is 10.5 Å². The van der Waals surface area contributed by atoms with Crippen LogP contribution in [0.15, 0.2) is 24.3 Å². The normalized spacial score (nSPS) is 11.5. The number of hydrogen-bond acceptors (Lipinski definition) is 3. The molecular formula is C15H24N2O2. The molecule has 4 nitrogen and oxygen atoms in total. The van der Waals surface area contributed by atoms with Crippen molar-refractivity contribution in [2.75, 3.05) is 5.32 Å². The Kier molecular flexibility index (Phi) is 5.36. The second kappa shape index (κ2) is 6.57. The van der Waals surface area contributed by atoms with Crippen molar-refractivity contribution in [3.63, 3.8) is 0 Å². The van der Waals surface area contributed by atoms with Gasteiger partial charge in [-0.2, -0.15) is 0 Å². The van der Waals surface area contributed by atoms with Gasteiger partial charge >= 0.3 is 0 Å². The average molecular weight is 264 g/mol. The number of amides is 1. The summed E-state index contributed by atoms with van der Waals surface area (Å²) < 4.78 is 5.65. The summed E-state index contributed by atoms with van der Waals surface area (Å²) in [6, 6.07) is 7.44. The molecule has 19 heavy (non-hydrogen) atoms. The molecule has 106 valence electrons. The molecule has 0 aliphatic rings. The van der Waals surface area contributed by atoms with Crippen molar-refractivity contribution in [1.82, 2.24) is 0 Å². The van der Waals surface area contributed by atoms with E-state index in [2.05, 4.69) is 5.32 Å². The van der Waals surface area contributed by atoms with E-state index in [9.17, 15) is 4.79 Å². The molecule has 0 aliphatic carbocycles. The zero-order valence-corrected chi connectivity index (χ0v) is 12.2. The first kappa shape index (κ1) is 15.5. The van der Waals surface area contributed by atoms with Crippen LogP contribution in [0.5, 0.6) is 5.75 Å². The summed E-state index contributed by atoms with van der Waals surface area (Å²) in [4.78, 5) is 11.9. The molecule has 0 saturated heterocycles. The van der Waals surface area contributed by atoms with Crippen LogP contribution in [0.4, 0.5) is 5.69 Å². The number of nitrogens with one attached hydrogen (secondary N) is 1. The Hall–Kier alpha value is -1.55. The third kappa shape index (κ3) is 6.25. The maximum Gasteiger partial charge on any atom is 0.224 e. The number of anilines is 1. The van der Waals surface area contributed by atoms with Gasteiger partial charge in [-0.1, -0.05) is 12.1 Å². The molecule has 0 bridgehead atoms. The van der Waals surface area contributed by atoms with Crippen molar-refractivity contribution in [2.24, 2.45) is 5.73 Å². The number of carbonyl (C=O) groups is 1. The van der Waals surface area contributed by atoms with Crippen LogP contribution < -0.4 is 15.8 Å². The summed E-state index contributed by atoms with van der Waals surface area (Å²) in [5, 5.41) is 2.87. The van der Waals surface area contributed by atoms with Crippen molar-refractivity contribution >= 4 is 11.6 Å². The highest BCUT2D eigenvalue weighted by molar-refractivity contribution is 5.92. The molecule has 4 heteroatoms. The molecule has 0 aliphatic heterocycles. The third-order valence-electron chi connectivity index (χ3n) is 2.52. The number of rotatable bonds is 6. The van der Waals surface area contributed by atoms with Crippen molar-refractivity contribution in [3.8, 4) is 5.75 Å². The molecule has 0 radical (unpaired) electrons. The van der Waals surface area contributed by atoms with Crippen LogP contribution in [0.1, 0.15) is 40.5 Å². The SMILES string of the molecule is CC(C)Oc1ccccc1NC(=O)CCC(C)(C)N. The zero-order chi connectivity index (χ0) is 14.5. The zero-order valence-electron chi connectivity index (χ0n) is 12.2. The van der Waals surface area contributed by atoms with Crippen molar-refractivity contribution < 1.29 is 9.53 Å². The van der Waals surface area contributed by atoms with Gasteiger partial charge in [0.2, 0.25) is 5.91 Å². The number of para-hydroxylation sites is 2. The van der Waals surface area contributed by atoms with Crippen molar-refractivity contribution in [3.05, 3.63) is 24.3 Å². The summed E-state index contributed by atoms with van der Waals surface area (Å²) in [6.45, 7) is 7.73. The lowest BCUT2D eigenvalue weighted by molar-refractivity contribution is -0.116. The molecule has 1 aromatic carbocycles. The van der Waals surface area contributed by atoms with Crippen LogP contribution in [0.3, 0.4) is 0 Å². The second-order valence-electron chi connectivity index (χ2n) is 5.70. The highest BCUT2D eigenvalue weighted by atomic mass is 16.5. The second-order valence-corrected chi connectivity index (χ2v) is 5.70. The Labute approximate surface area is 115 Å². The van der Waals surface area contributed by atoms with Crippen LogP contribution in [0.25, 0.3) is 0 Å². The minimum absolute atomic E-state index is 0.0432. The molecule has 0 aromatic heterocycles. The maximum atomic E-state index is 11.9. The Bertz CT molecular complexity index is 422. The van der Waals surface area contributed by atoms with Crippen LogP contribution in [-0.2, 0) is 4.79 Å². The van der Waals surface area contributed by atoms with E-state index in [1.54, 1.807) is 0 Å². The molecule has 1 aromatic rings. The third-order valence-corrected chi connectivity index (χ3v) is 2.52. The predicted molar refractivity (Wildman–Crippen MR) is 78.3 cm³/mol. The number of hydrogen-bond donors (Lipinski definition) is 2. The van der Waals surface area contributed by atoms with E-state index in [1.165, 1.54) is 0 Å². The van der Waals surface area contributed by atoms with E-state index < -0.39 is 0 Å². The summed E-state index contributed by atoms with van der Waals surface area (Å²) in [5.74, 6) is 0.649. The molecular weight excluding hydrogens is 240 g/mol. The highest BCUT2D eigenvalue weighted by Crippen LogP contribution is 2.25. The summed E-state index contributed by atoms with van der Waals surface area (Å²) in [5.41, 5.74) is 6.24. The van der Waals surface area contributed by atoms with E-state index in [1.807, 2.05) is 52.0 Å². The summed E-state index contributed by atoms with van der Waals surface area (Å²) in [7, 11) is 0. The molecule has 0 atom stereocenters. The number of nitrogens with two attached hydrogens (primary N) is 1. The van der Waals surface area contributed by atoms with Gasteiger partial charge in [0.25, 0.3) is 0 Å². The lowest BCUT2D eigenvalue weighted by Gasteiger charge is -2.18. The van der Waals surface area contributed by atoms with Crippen LogP contribution >= 0.6 is 0 Å². The first-order chi connectivity index (χ1) is 8.78. The largest absolute Gasteiger partial charge is 0.489 e. The van der Waals surface area contributed by atoms with Gasteiger partial charge in [-0.3, -0.25) is 4.79 Å². The minimum Gasteiger partial charge on any atom is -0.489 e. The van der Waals surface area contributed by atoms with Gasteiger partial charge in [0, 0.05) is 12.0 Å². The highest BCUT2D eigenvalue weighted by Gasteiger charge is 2.14. The van der Waals surface area contributed by atoms with Gasteiger partial charge in [0.05, 0.1) is 11.8 Å². The van der Waals surface area contributed by atoms with Gasteiger partial charge in [0.1, 0.15) is 5.75 Å². The van der Waals surface area contributed by atoms with Crippen molar-refractivity contribution in [1.29, 1.82) is 0 Å². The fourth-order valence-corrected chi connectivity index (χ4v) is 1.58. The van der Waals surface area contributed by atoms with Gasteiger partial charge in [0.15, 0.2) is 0 Å². The molecule has 0 unspecified atom stereocenters. The standard InChI is InChI=1S/C15H24N2O2/c1-11(2)19-13-8-6-5-7-12(13)17-14(18)9-10-15(3,4)16/h5-8,11H,9-10,16H2,1-4H3,(H,17,18). The molecule has 3 N–H and O–H groups in total. The molecule has 0 fully saturated rings. The van der Waals surface area contributed by atoms with Crippen LogP contribution in [0.2, 0.25) is 0 Å². The molecule has 0 heterocycles. The molecule has 0 spiro atoms. The van der Waals surface area contributed by atoms with Crippen molar-refractivity contribution in [2.45, 2.75) is 52.2 Å². The Morgan fingerprint density at radius 1 is 1.37 bits per heavy atom. The van der Waals surface area contributed by atoms with Gasteiger partial charge in [-0.05, 0) is 46.2 Å². The van der Waals surface area contributed by atoms with E-state index in [0.29, 0.717) is 24.3 Å². The lowest BCUT2D eigenvalue weighted by Crippen LogP contribution is -2.33. The van der Waals surface area contributed by atoms with Gasteiger partial charge < -0.3 is 15.8 Å². The first-order valence-corrected chi connectivity index (χ1v) is 6.62. The van der Waals surface area contributed by atoms with Gasteiger partial charge in [-0.25, -0.2) is 0 Å². The Morgan fingerprint density at radius 2 is 2.00 bits per heavy atom. The quantitative estimate of drug-likeness (QED) is 0.830. The minimum atomic E-state index is -0.328. The summed E-state index contributed by atoms with van der Waals surface area (Å²) in [6.07, 6.45) is 1.12. The topological polar surface area (TPSA) is 64.3 Å². The predicted octanol–water partition coefficient (Wildman–Crippen LogP) is 2.93. The van der Waals surface area contributed by atoms with Crippen LogP contribution in [-0.4, -0.2) is 17.6 Å². The monoisotopic (exact) mass is 264 g/mol. The Balaban J connectivity index is 2.63. The number of carbonyl (C=O) groups excluding carboxylic acids is 1. The molecule has 0 saturated carbocycles. The Morgan fingerprint density at radius 3 is 2.58 bits per heavy atom.